The summed E-state index contributed by atoms with van der Waals surface area (Å²) < 4.78 is 0.818. The molecular weight excluding hydrogens is 324 g/mol. The van der Waals surface area contributed by atoms with E-state index in [2.05, 4.69) is 26.6 Å². The molecule has 0 unspecified atom stereocenters. The molecule has 1 aromatic rings. The maximum Gasteiger partial charge on any atom is 0.251 e. The van der Waals surface area contributed by atoms with Gasteiger partial charge in [0.2, 0.25) is 5.91 Å². The van der Waals surface area contributed by atoms with Crippen LogP contribution in [0.1, 0.15) is 23.2 Å². The Morgan fingerprint density at radius 1 is 1.30 bits per heavy atom. The van der Waals surface area contributed by atoms with Gasteiger partial charge in [0, 0.05) is 16.6 Å². The Kier molecular flexibility index (Phi) is 5.14. The zero-order chi connectivity index (χ0) is 14.5. The van der Waals surface area contributed by atoms with Crippen LogP contribution in [0, 0.1) is 5.92 Å². The average molecular weight is 341 g/mol. The van der Waals surface area contributed by atoms with Crippen LogP contribution >= 0.6 is 15.9 Å². The van der Waals surface area contributed by atoms with Gasteiger partial charge in [0.1, 0.15) is 0 Å². The Balaban J connectivity index is 1.69. The molecule has 0 radical (unpaired) electrons. The van der Waals surface area contributed by atoms with E-state index >= 15 is 0 Å². The van der Waals surface area contributed by atoms with Crippen molar-refractivity contribution >= 4 is 27.7 Å². The van der Waals surface area contributed by atoms with Crippen LogP contribution in [0.25, 0.3) is 0 Å². The van der Waals surface area contributed by atoms with Crippen LogP contribution < -0.4 is 10.6 Å². The van der Waals surface area contributed by atoms with Gasteiger partial charge in [-0.05, 0) is 37.0 Å². The molecule has 2 amide bonds. The van der Waals surface area contributed by atoms with Crippen molar-refractivity contribution in [2.75, 3.05) is 13.1 Å². The number of hydrogen-bond acceptors (Lipinski definition) is 3. The van der Waals surface area contributed by atoms with Crippen molar-refractivity contribution in [2.24, 2.45) is 5.92 Å². The lowest BCUT2D eigenvalue weighted by Gasteiger charge is -2.31. The molecule has 0 aliphatic heterocycles. The molecule has 0 heterocycles. The topological polar surface area (TPSA) is 78.4 Å². The molecule has 6 heteroatoms. The Morgan fingerprint density at radius 3 is 2.70 bits per heavy atom. The Bertz CT molecular complexity index is 501. The largest absolute Gasteiger partial charge is 0.393 e. The number of carbonyl (C=O) groups excluding carboxylic acids is 2. The number of rotatable bonds is 5. The standard InChI is InChI=1S/C14H17BrN2O3/c15-11-3-1-2-10(6-11)14(20)17-8-13(19)16-7-9-4-12(18)5-9/h1-3,6,9,12,18H,4-5,7-8H2,(H,16,19)(H,17,20). The number of benzene rings is 1. The van der Waals surface area contributed by atoms with E-state index in [1.807, 2.05) is 6.07 Å². The SMILES string of the molecule is O=C(CNC(=O)c1cccc(Br)c1)NCC1CC(O)C1. The zero-order valence-electron chi connectivity index (χ0n) is 10.9. The number of nitrogens with one attached hydrogen (secondary N) is 2. The van der Waals surface area contributed by atoms with Gasteiger partial charge in [-0.2, -0.15) is 0 Å². The number of aliphatic hydroxyl groups is 1. The van der Waals surface area contributed by atoms with E-state index in [1.165, 1.54) is 0 Å². The third-order valence-electron chi connectivity index (χ3n) is 3.30. The summed E-state index contributed by atoms with van der Waals surface area (Å²) in [4.78, 5) is 23.4. The van der Waals surface area contributed by atoms with Crippen molar-refractivity contribution in [3.05, 3.63) is 34.3 Å². The van der Waals surface area contributed by atoms with Crippen LogP contribution in [0.5, 0.6) is 0 Å². The summed E-state index contributed by atoms with van der Waals surface area (Å²) in [6.45, 7) is 0.517. The monoisotopic (exact) mass is 340 g/mol. The molecule has 0 atom stereocenters. The molecule has 3 N–H and O–H groups in total. The van der Waals surface area contributed by atoms with Gasteiger partial charge in [-0.25, -0.2) is 0 Å². The predicted octanol–water partition coefficient (Wildman–Crippen LogP) is 1.07. The number of hydrogen-bond donors (Lipinski definition) is 3. The molecule has 1 saturated carbocycles. The van der Waals surface area contributed by atoms with Crippen molar-refractivity contribution in [1.29, 1.82) is 0 Å². The van der Waals surface area contributed by atoms with Gasteiger partial charge in [-0.15, -0.1) is 0 Å². The minimum absolute atomic E-state index is 0.0411. The number of aliphatic hydroxyl groups excluding tert-OH is 1. The summed E-state index contributed by atoms with van der Waals surface area (Å²) in [6.07, 6.45) is 1.27. The summed E-state index contributed by atoms with van der Waals surface area (Å²) in [5.74, 6) is -0.134. The van der Waals surface area contributed by atoms with Crippen LogP contribution in [0.4, 0.5) is 0 Å². The summed E-state index contributed by atoms with van der Waals surface area (Å²) in [5.41, 5.74) is 0.509. The molecule has 2 rings (SSSR count). The first-order valence-corrected chi connectivity index (χ1v) is 7.32. The second kappa shape index (κ2) is 6.85. The van der Waals surface area contributed by atoms with Gasteiger partial charge in [-0.1, -0.05) is 22.0 Å². The molecule has 1 fully saturated rings. The lowest BCUT2D eigenvalue weighted by molar-refractivity contribution is -0.120. The Labute approximate surface area is 125 Å². The van der Waals surface area contributed by atoms with Crippen LogP contribution in [0.2, 0.25) is 0 Å². The highest BCUT2D eigenvalue weighted by molar-refractivity contribution is 9.10. The first-order valence-electron chi connectivity index (χ1n) is 6.53. The van der Waals surface area contributed by atoms with Crippen molar-refractivity contribution in [2.45, 2.75) is 18.9 Å². The zero-order valence-corrected chi connectivity index (χ0v) is 12.5. The quantitative estimate of drug-likeness (QED) is 0.750. The molecule has 1 aliphatic rings. The van der Waals surface area contributed by atoms with Crippen LogP contribution in [-0.2, 0) is 4.79 Å². The summed E-state index contributed by atoms with van der Waals surface area (Å²) >= 11 is 3.29. The minimum Gasteiger partial charge on any atom is -0.393 e. The van der Waals surface area contributed by atoms with E-state index in [0.717, 1.165) is 17.3 Å². The highest BCUT2D eigenvalue weighted by Gasteiger charge is 2.27. The Hall–Kier alpha value is -1.40. The molecule has 5 nitrogen and oxygen atoms in total. The maximum absolute atomic E-state index is 11.8. The first kappa shape index (κ1) is 15.0. The van der Waals surface area contributed by atoms with Crippen molar-refractivity contribution in [3.63, 3.8) is 0 Å². The van der Waals surface area contributed by atoms with Crippen molar-refractivity contribution < 1.29 is 14.7 Å². The molecule has 108 valence electrons. The minimum atomic E-state index is -0.277. The Morgan fingerprint density at radius 2 is 2.05 bits per heavy atom. The summed E-state index contributed by atoms with van der Waals surface area (Å²) in [5, 5.41) is 14.5. The summed E-state index contributed by atoms with van der Waals surface area (Å²) in [7, 11) is 0. The lowest BCUT2D eigenvalue weighted by Crippen LogP contribution is -2.42. The maximum atomic E-state index is 11.8. The average Bonchev–Trinajstić information content (AvgIpc) is 2.39. The molecule has 1 aliphatic carbocycles. The normalized spacial score (nSPS) is 20.9. The highest BCUT2D eigenvalue weighted by Crippen LogP contribution is 2.25. The smallest absolute Gasteiger partial charge is 0.251 e. The van der Waals surface area contributed by atoms with Gasteiger partial charge in [-0.3, -0.25) is 9.59 Å². The van der Waals surface area contributed by atoms with Gasteiger partial charge in [0.05, 0.1) is 12.6 Å². The predicted molar refractivity (Wildman–Crippen MR) is 78.2 cm³/mol. The molecular formula is C14H17BrN2O3. The molecule has 0 spiro atoms. The second-order valence-electron chi connectivity index (χ2n) is 4.99. The van der Waals surface area contributed by atoms with Crippen LogP contribution in [0.15, 0.2) is 28.7 Å². The fraction of sp³-hybridized carbons (Fsp3) is 0.429. The first-order chi connectivity index (χ1) is 9.54. The number of amides is 2. The van der Waals surface area contributed by atoms with E-state index in [9.17, 15) is 9.59 Å². The molecule has 0 aromatic heterocycles. The van der Waals surface area contributed by atoms with Gasteiger partial charge < -0.3 is 15.7 Å². The summed E-state index contributed by atoms with van der Waals surface area (Å²) in [6, 6.07) is 6.98. The van der Waals surface area contributed by atoms with Gasteiger partial charge in [0.25, 0.3) is 5.91 Å². The van der Waals surface area contributed by atoms with Crippen LogP contribution in [-0.4, -0.2) is 36.1 Å². The van der Waals surface area contributed by atoms with E-state index < -0.39 is 0 Å². The van der Waals surface area contributed by atoms with Gasteiger partial charge in [0.15, 0.2) is 0 Å². The van der Waals surface area contributed by atoms with Crippen molar-refractivity contribution in [3.8, 4) is 0 Å². The highest BCUT2D eigenvalue weighted by atomic mass is 79.9. The fourth-order valence-corrected chi connectivity index (χ4v) is 2.48. The number of halogens is 1. The third-order valence-corrected chi connectivity index (χ3v) is 3.79. The fourth-order valence-electron chi connectivity index (χ4n) is 2.08. The van der Waals surface area contributed by atoms with Crippen molar-refractivity contribution in [1.82, 2.24) is 10.6 Å². The van der Waals surface area contributed by atoms with E-state index in [4.69, 9.17) is 5.11 Å². The second-order valence-corrected chi connectivity index (χ2v) is 5.90. The lowest BCUT2D eigenvalue weighted by atomic mass is 9.82. The van der Waals surface area contributed by atoms with Crippen LogP contribution in [0.3, 0.4) is 0 Å². The van der Waals surface area contributed by atoms with E-state index in [0.29, 0.717) is 18.0 Å². The third kappa shape index (κ3) is 4.31. The molecule has 0 saturated heterocycles. The van der Waals surface area contributed by atoms with Gasteiger partial charge >= 0.3 is 0 Å². The molecule has 1 aromatic carbocycles. The molecule has 0 bridgehead atoms. The van der Waals surface area contributed by atoms with E-state index in [1.54, 1.807) is 18.2 Å². The molecule has 20 heavy (non-hydrogen) atoms. The number of carbonyl (C=O) groups is 2. The van der Waals surface area contributed by atoms with E-state index in [-0.39, 0.29) is 24.5 Å².